The Hall–Kier alpha value is -3.41. The molecule has 0 fully saturated rings. The lowest BCUT2D eigenvalue weighted by Gasteiger charge is -2.14. The van der Waals surface area contributed by atoms with E-state index in [1.165, 1.54) is 11.8 Å². The molecule has 3 rings (SSSR count). The molecule has 0 atom stereocenters. The van der Waals surface area contributed by atoms with Crippen molar-refractivity contribution in [3.8, 4) is 5.75 Å². The normalized spacial score (nSPS) is 10.6. The fraction of sp³-hybridized carbons (Fsp3) is 0.227. The third-order valence-electron chi connectivity index (χ3n) is 4.04. The van der Waals surface area contributed by atoms with Crippen molar-refractivity contribution in [2.24, 2.45) is 0 Å². The van der Waals surface area contributed by atoms with Gasteiger partial charge in [-0.3, -0.25) is 4.79 Å². The molecule has 0 aliphatic carbocycles. The standard InChI is InChI=1S/C22H24N4O2/c1-4-16-9-5-6-10-17(16)25-21-14-23-19(13-24-21)22(27)26-18-11-7-8-12-20(18)28-15(2)3/h5-15H,4H2,1-3H3,(H,24,25)(H,26,27). The van der Waals surface area contributed by atoms with Crippen molar-refractivity contribution in [2.45, 2.75) is 33.3 Å². The van der Waals surface area contributed by atoms with E-state index in [0.29, 0.717) is 17.3 Å². The Labute approximate surface area is 165 Å². The topological polar surface area (TPSA) is 76.1 Å². The predicted molar refractivity (Wildman–Crippen MR) is 111 cm³/mol. The van der Waals surface area contributed by atoms with Gasteiger partial charge < -0.3 is 15.4 Å². The first-order valence-electron chi connectivity index (χ1n) is 9.30. The summed E-state index contributed by atoms with van der Waals surface area (Å²) >= 11 is 0. The number of rotatable bonds is 7. The van der Waals surface area contributed by atoms with Gasteiger partial charge in [0.1, 0.15) is 17.3 Å². The maximum atomic E-state index is 12.5. The second kappa shape index (κ2) is 8.99. The minimum atomic E-state index is -0.340. The second-order valence-corrected chi connectivity index (χ2v) is 6.54. The number of aromatic nitrogens is 2. The highest BCUT2D eigenvalue weighted by atomic mass is 16.5. The monoisotopic (exact) mass is 376 g/mol. The van der Waals surface area contributed by atoms with Crippen LogP contribution in [0.5, 0.6) is 5.75 Å². The fourth-order valence-electron chi connectivity index (χ4n) is 2.71. The van der Waals surface area contributed by atoms with Crippen molar-refractivity contribution >= 4 is 23.1 Å². The lowest BCUT2D eigenvalue weighted by molar-refractivity contribution is 0.102. The fourth-order valence-corrected chi connectivity index (χ4v) is 2.71. The summed E-state index contributed by atoms with van der Waals surface area (Å²) in [5.74, 6) is 0.863. The predicted octanol–water partition coefficient (Wildman–Crippen LogP) is 4.82. The number of benzene rings is 2. The number of anilines is 3. The number of nitrogens with one attached hydrogen (secondary N) is 2. The van der Waals surface area contributed by atoms with Crippen molar-refractivity contribution < 1.29 is 9.53 Å². The zero-order valence-electron chi connectivity index (χ0n) is 16.3. The third-order valence-corrected chi connectivity index (χ3v) is 4.04. The Bertz CT molecular complexity index is 939. The number of hydrogen-bond acceptors (Lipinski definition) is 5. The Kier molecular flexibility index (Phi) is 6.22. The number of aryl methyl sites for hydroxylation is 1. The zero-order chi connectivity index (χ0) is 19.9. The van der Waals surface area contributed by atoms with Gasteiger partial charge in [0.15, 0.2) is 0 Å². The highest BCUT2D eigenvalue weighted by molar-refractivity contribution is 6.03. The van der Waals surface area contributed by atoms with Crippen LogP contribution in [-0.4, -0.2) is 22.0 Å². The first-order chi connectivity index (χ1) is 13.6. The molecule has 2 aromatic carbocycles. The van der Waals surface area contributed by atoms with Crippen LogP contribution < -0.4 is 15.4 Å². The van der Waals surface area contributed by atoms with Gasteiger partial charge in [0, 0.05) is 5.69 Å². The summed E-state index contributed by atoms with van der Waals surface area (Å²) in [7, 11) is 0. The van der Waals surface area contributed by atoms with E-state index < -0.39 is 0 Å². The van der Waals surface area contributed by atoms with Crippen LogP contribution in [0.1, 0.15) is 36.8 Å². The first kappa shape index (κ1) is 19.4. The zero-order valence-corrected chi connectivity index (χ0v) is 16.3. The van der Waals surface area contributed by atoms with Crippen LogP contribution in [0.25, 0.3) is 0 Å². The molecule has 0 radical (unpaired) electrons. The molecular weight excluding hydrogens is 352 g/mol. The second-order valence-electron chi connectivity index (χ2n) is 6.54. The summed E-state index contributed by atoms with van der Waals surface area (Å²) in [6.07, 6.45) is 3.93. The Morgan fingerprint density at radius 3 is 2.39 bits per heavy atom. The smallest absolute Gasteiger partial charge is 0.275 e. The lowest BCUT2D eigenvalue weighted by atomic mass is 10.1. The van der Waals surface area contributed by atoms with Crippen LogP contribution >= 0.6 is 0 Å². The number of hydrogen-bond donors (Lipinski definition) is 2. The lowest BCUT2D eigenvalue weighted by Crippen LogP contribution is -2.16. The highest BCUT2D eigenvalue weighted by Crippen LogP contribution is 2.25. The minimum absolute atomic E-state index is 0.00852. The van der Waals surface area contributed by atoms with E-state index in [4.69, 9.17) is 4.74 Å². The van der Waals surface area contributed by atoms with Gasteiger partial charge >= 0.3 is 0 Å². The average molecular weight is 376 g/mol. The van der Waals surface area contributed by atoms with Crippen molar-refractivity contribution in [2.75, 3.05) is 10.6 Å². The number of carbonyl (C=O) groups is 1. The molecule has 1 heterocycles. The molecule has 0 unspecified atom stereocenters. The quantitative estimate of drug-likeness (QED) is 0.618. The first-order valence-corrected chi connectivity index (χ1v) is 9.30. The molecule has 0 spiro atoms. The summed E-state index contributed by atoms with van der Waals surface area (Å²) in [5, 5.41) is 6.08. The third kappa shape index (κ3) is 4.85. The molecule has 0 saturated carbocycles. The van der Waals surface area contributed by atoms with Gasteiger partial charge in [-0.2, -0.15) is 0 Å². The Balaban J connectivity index is 1.71. The molecule has 0 saturated heterocycles. The molecular formula is C22H24N4O2. The van der Waals surface area contributed by atoms with Gasteiger partial charge in [-0.05, 0) is 44.0 Å². The molecule has 1 aromatic heterocycles. The molecule has 0 aliphatic rings. The van der Waals surface area contributed by atoms with Crippen molar-refractivity contribution in [1.29, 1.82) is 0 Å². The van der Waals surface area contributed by atoms with Gasteiger partial charge in [-0.15, -0.1) is 0 Å². The number of nitrogens with zero attached hydrogens (tertiary/aromatic N) is 2. The van der Waals surface area contributed by atoms with Gasteiger partial charge in [0.2, 0.25) is 0 Å². The van der Waals surface area contributed by atoms with E-state index in [9.17, 15) is 4.79 Å². The highest BCUT2D eigenvalue weighted by Gasteiger charge is 2.12. The van der Waals surface area contributed by atoms with Gasteiger partial charge in [-0.1, -0.05) is 37.3 Å². The van der Waals surface area contributed by atoms with Crippen LogP contribution in [0.4, 0.5) is 17.2 Å². The van der Waals surface area contributed by atoms with Crippen LogP contribution in [0.2, 0.25) is 0 Å². The van der Waals surface area contributed by atoms with Crippen molar-refractivity contribution in [1.82, 2.24) is 9.97 Å². The molecule has 1 amide bonds. The van der Waals surface area contributed by atoms with E-state index >= 15 is 0 Å². The molecule has 3 aromatic rings. The maximum Gasteiger partial charge on any atom is 0.275 e. The van der Waals surface area contributed by atoms with E-state index in [0.717, 1.165) is 12.1 Å². The van der Waals surface area contributed by atoms with E-state index in [1.807, 2.05) is 50.2 Å². The van der Waals surface area contributed by atoms with Crippen LogP contribution in [0.3, 0.4) is 0 Å². The van der Waals surface area contributed by atoms with Gasteiger partial charge in [0.05, 0.1) is 24.2 Å². The van der Waals surface area contributed by atoms with Crippen molar-refractivity contribution in [3.63, 3.8) is 0 Å². The Morgan fingerprint density at radius 2 is 1.71 bits per heavy atom. The molecule has 28 heavy (non-hydrogen) atoms. The van der Waals surface area contributed by atoms with Crippen LogP contribution in [0, 0.1) is 0 Å². The van der Waals surface area contributed by atoms with Gasteiger partial charge in [0.25, 0.3) is 5.91 Å². The molecule has 0 bridgehead atoms. The number of carbonyl (C=O) groups excluding carboxylic acids is 1. The summed E-state index contributed by atoms with van der Waals surface area (Å²) in [6, 6.07) is 15.3. The van der Waals surface area contributed by atoms with E-state index in [-0.39, 0.29) is 17.7 Å². The molecule has 6 heteroatoms. The largest absolute Gasteiger partial charge is 0.489 e. The Morgan fingerprint density at radius 1 is 1.00 bits per heavy atom. The van der Waals surface area contributed by atoms with Gasteiger partial charge in [-0.25, -0.2) is 9.97 Å². The summed E-state index contributed by atoms with van der Waals surface area (Å²) in [4.78, 5) is 21.1. The summed E-state index contributed by atoms with van der Waals surface area (Å²) in [5.41, 5.74) is 3.00. The molecule has 144 valence electrons. The van der Waals surface area contributed by atoms with Crippen LogP contribution in [0.15, 0.2) is 60.9 Å². The number of para-hydroxylation sites is 3. The molecule has 0 aliphatic heterocycles. The van der Waals surface area contributed by atoms with Crippen molar-refractivity contribution in [3.05, 3.63) is 72.2 Å². The SMILES string of the molecule is CCc1ccccc1Nc1cnc(C(=O)Nc2ccccc2OC(C)C)cn1. The van der Waals surface area contributed by atoms with E-state index in [1.54, 1.807) is 12.3 Å². The number of ether oxygens (including phenoxy) is 1. The minimum Gasteiger partial charge on any atom is -0.489 e. The average Bonchev–Trinajstić information content (AvgIpc) is 2.70. The maximum absolute atomic E-state index is 12.5. The number of amides is 1. The van der Waals surface area contributed by atoms with Crippen LogP contribution in [-0.2, 0) is 6.42 Å². The molecule has 2 N–H and O–H groups in total. The van der Waals surface area contributed by atoms with E-state index in [2.05, 4.69) is 33.6 Å². The summed E-state index contributed by atoms with van der Waals surface area (Å²) < 4.78 is 5.73. The summed E-state index contributed by atoms with van der Waals surface area (Å²) in [6.45, 7) is 5.97. The molecule has 6 nitrogen and oxygen atoms in total.